The fourth-order valence-corrected chi connectivity index (χ4v) is 4.89. The molecule has 0 unspecified atom stereocenters. The third-order valence-corrected chi connectivity index (χ3v) is 6.93. The van der Waals surface area contributed by atoms with E-state index in [0.717, 1.165) is 16.9 Å². The van der Waals surface area contributed by atoms with Gasteiger partial charge in [-0.25, -0.2) is 17.6 Å². The number of thiazole rings is 1. The minimum Gasteiger partial charge on any atom is -0.360 e. The molecule has 36 heavy (non-hydrogen) atoms. The van der Waals surface area contributed by atoms with Gasteiger partial charge in [-0.15, -0.1) is 11.3 Å². The lowest BCUT2D eigenvalue weighted by atomic mass is 10.1. The van der Waals surface area contributed by atoms with Gasteiger partial charge in [-0.05, 0) is 31.0 Å². The summed E-state index contributed by atoms with van der Waals surface area (Å²) >= 11 is 0.915. The summed E-state index contributed by atoms with van der Waals surface area (Å²) < 4.78 is 53.1. The normalized spacial score (nSPS) is 17.1. The number of likely N-dealkylation sites (tertiary alicyclic amines) is 1. The molecular formula is C24H27F4N5O2S. The van der Waals surface area contributed by atoms with E-state index in [0.29, 0.717) is 31.7 Å². The molecule has 1 fully saturated rings. The fraction of sp³-hybridized carbons (Fsp3) is 0.458. The van der Waals surface area contributed by atoms with Crippen LogP contribution in [0, 0.1) is 11.3 Å². The van der Waals surface area contributed by atoms with Crippen molar-refractivity contribution in [3.05, 3.63) is 49.4 Å². The summed E-state index contributed by atoms with van der Waals surface area (Å²) in [7, 11) is 0. The number of amides is 1. The van der Waals surface area contributed by atoms with Crippen LogP contribution in [0.2, 0.25) is 0 Å². The number of alkyl halides is 4. The molecule has 0 atom stereocenters. The molecule has 0 aliphatic carbocycles. The number of aromatic nitrogens is 1. The van der Waals surface area contributed by atoms with Crippen molar-refractivity contribution in [2.75, 3.05) is 31.5 Å². The molecule has 1 saturated heterocycles. The van der Waals surface area contributed by atoms with E-state index in [-0.39, 0.29) is 28.6 Å². The van der Waals surface area contributed by atoms with Gasteiger partial charge in [-0.1, -0.05) is 12.1 Å². The predicted octanol–water partition coefficient (Wildman–Crippen LogP) is 2.11. The van der Waals surface area contributed by atoms with Crippen molar-refractivity contribution in [2.24, 2.45) is 0 Å². The van der Waals surface area contributed by atoms with Gasteiger partial charge in [0, 0.05) is 50.9 Å². The molecule has 3 rings (SSSR count). The molecule has 194 valence electrons. The summed E-state index contributed by atoms with van der Waals surface area (Å²) in [4.78, 5) is 27.0. The quantitative estimate of drug-likeness (QED) is 0.490. The van der Waals surface area contributed by atoms with E-state index >= 15 is 0 Å². The monoisotopic (exact) mass is 525 g/mol. The van der Waals surface area contributed by atoms with Gasteiger partial charge in [0.25, 0.3) is 23.8 Å². The standard InChI is InChI=1S/C24H27F4N5O2S/c1-2-33-22(35)19(36-23(33)18(13-29)21(34)31-15-20(25)26)14-30-17-5-3-4-16(12-17)6-9-32-10-7-24(27,28)8-11-32/h3-5,12,14,20,30H,2,6-11,15H2,1H3,(H,31,34)/b19-14+,23-18-. The van der Waals surface area contributed by atoms with Gasteiger partial charge in [-0.2, -0.15) is 5.26 Å². The van der Waals surface area contributed by atoms with Crippen LogP contribution in [0.3, 0.4) is 0 Å². The van der Waals surface area contributed by atoms with E-state index in [1.165, 1.54) is 10.8 Å². The zero-order valence-electron chi connectivity index (χ0n) is 19.7. The van der Waals surface area contributed by atoms with Crippen molar-refractivity contribution in [1.82, 2.24) is 14.8 Å². The zero-order chi connectivity index (χ0) is 26.3. The molecule has 1 amide bonds. The van der Waals surface area contributed by atoms with Crippen molar-refractivity contribution in [3.8, 4) is 6.07 Å². The number of carbonyl (C=O) groups is 1. The van der Waals surface area contributed by atoms with Gasteiger partial charge >= 0.3 is 0 Å². The molecule has 2 N–H and O–H groups in total. The van der Waals surface area contributed by atoms with Crippen molar-refractivity contribution in [1.29, 1.82) is 5.26 Å². The van der Waals surface area contributed by atoms with E-state index in [1.54, 1.807) is 19.1 Å². The first-order chi connectivity index (χ1) is 17.1. The number of nitriles is 1. The number of halogens is 4. The second-order valence-electron chi connectivity index (χ2n) is 8.35. The fourth-order valence-electron chi connectivity index (χ4n) is 3.80. The van der Waals surface area contributed by atoms with Crippen LogP contribution in [-0.2, 0) is 17.8 Å². The highest BCUT2D eigenvalue weighted by molar-refractivity contribution is 7.07. The number of anilines is 1. The van der Waals surface area contributed by atoms with Crippen molar-refractivity contribution < 1.29 is 22.4 Å². The van der Waals surface area contributed by atoms with Crippen LogP contribution in [0.5, 0.6) is 0 Å². The second-order valence-corrected chi connectivity index (χ2v) is 9.38. The maximum Gasteiger partial charge on any atom is 0.270 e. The van der Waals surface area contributed by atoms with Crippen LogP contribution in [-0.4, -0.2) is 53.9 Å². The van der Waals surface area contributed by atoms with Crippen molar-refractivity contribution in [2.45, 2.75) is 45.1 Å². The topological polar surface area (TPSA) is 90.2 Å². The second kappa shape index (κ2) is 12.2. The average molecular weight is 526 g/mol. The van der Waals surface area contributed by atoms with Gasteiger partial charge < -0.3 is 15.5 Å². The molecule has 2 aromatic rings. The Morgan fingerprint density at radius 2 is 2.03 bits per heavy atom. The van der Waals surface area contributed by atoms with Crippen LogP contribution >= 0.6 is 11.3 Å². The maximum atomic E-state index is 13.3. The Balaban J connectivity index is 1.77. The van der Waals surface area contributed by atoms with Crippen LogP contribution < -0.4 is 25.4 Å². The molecule has 0 radical (unpaired) electrons. The first kappa shape index (κ1) is 27.4. The molecular weight excluding hydrogens is 498 g/mol. The molecule has 1 aromatic heterocycles. The molecule has 0 bridgehead atoms. The van der Waals surface area contributed by atoms with Crippen LogP contribution in [0.4, 0.5) is 23.2 Å². The number of benzene rings is 1. The van der Waals surface area contributed by atoms with Crippen LogP contribution in [0.1, 0.15) is 25.3 Å². The largest absolute Gasteiger partial charge is 0.360 e. The molecule has 1 aliphatic rings. The number of carbonyl (C=O) groups excluding carboxylic acids is 1. The third-order valence-electron chi connectivity index (χ3n) is 5.79. The number of rotatable bonds is 9. The van der Waals surface area contributed by atoms with Crippen LogP contribution in [0.25, 0.3) is 11.8 Å². The molecule has 2 heterocycles. The highest BCUT2D eigenvalue weighted by Gasteiger charge is 2.33. The lowest BCUT2D eigenvalue weighted by molar-refractivity contribution is -0.116. The first-order valence-electron chi connectivity index (χ1n) is 11.5. The number of nitrogens with zero attached hydrogens (tertiary/aromatic N) is 3. The third kappa shape index (κ3) is 7.18. The molecule has 1 aromatic carbocycles. The Morgan fingerprint density at radius 3 is 2.67 bits per heavy atom. The minimum absolute atomic E-state index is 0.0886. The van der Waals surface area contributed by atoms with Gasteiger partial charge in [0.05, 0.1) is 6.54 Å². The van der Waals surface area contributed by atoms with E-state index < -0.39 is 35.9 Å². The number of hydrogen-bond donors (Lipinski definition) is 2. The zero-order valence-corrected chi connectivity index (χ0v) is 20.5. The van der Waals surface area contributed by atoms with Crippen molar-refractivity contribution in [3.63, 3.8) is 0 Å². The average Bonchev–Trinajstić information content (AvgIpc) is 3.16. The summed E-state index contributed by atoms with van der Waals surface area (Å²) in [5.41, 5.74) is 0.878. The minimum atomic E-state index is -2.76. The van der Waals surface area contributed by atoms with E-state index in [1.807, 2.05) is 28.4 Å². The van der Waals surface area contributed by atoms with Crippen LogP contribution in [0.15, 0.2) is 29.1 Å². The van der Waals surface area contributed by atoms with E-state index in [2.05, 4.69) is 5.32 Å². The Hall–Kier alpha value is -3.17. The summed E-state index contributed by atoms with van der Waals surface area (Å²) in [5.74, 6) is -3.54. The van der Waals surface area contributed by atoms with Gasteiger partial charge in [0.1, 0.15) is 15.3 Å². The van der Waals surface area contributed by atoms with E-state index in [9.17, 15) is 32.4 Å². The summed E-state index contributed by atoms with van der Waals surface area (Å²) in [6, 6.07) is 9.19. The van der Waals surface area contributed by atoms with E-state index in [4.69, 9.17) is 0 Å². The first-order valence-corrected chi connectivity index (χ1v) is 12.3. The molecule has 0 spiro atoms. The summed E-state index contributed by atoms with van der Waals surface area (Å²) in [5, 5.41) is 14.5. The SMILES string of the molecule is CCn1c(=O)/c(=C\Nc2cccc(CCN3CCC(F)(F)CC3)c2)s/c1=C(/C#N)C(=O)NCC(F)F. The molecule has 7 nitrogen and oxygen atoms in total. The number of hydrogen-bond acceptors (Lipinski definition) is 6. The van der Waals surface area contributed by atoms with Gasteiger partial charge in [-0.3, -0.25) is 14.2 Å². The Morgan fingerprint density at radius 1 is 1.31 bits per heavy atom. The number of nitrogens with one attached hydrogen (secondary N) is 2. The Labute approximate surface area is 209 Å². The lowest BCUT2D eigenvalue weighted by Gasteiger charge is -2.31. The molecule has 12 heteroatoms. The molecule has 0 saturated carbocycles. The smallest absolute Gasteiger partial charge is 0.270 e. The predicted molar refractivity (Wildman–Crippen MR) is 130 cm³/mol. The summed E-state index contributed by atoms with van der Waals surface area (Å²) in [6.45, 7) is 2.36. The van der Waals surface area contributed by atoms with Crippen molar-refractivity contribution >= 4 is 34.7 Å². The highest BCUT2D eigenvalue weighted by Crippen LogP contribution is 2.27. The number of piperidine rings is 1. The van der Waals surface area contributed by atoms with Gasteiger partial charge in [0.15, 0.2) is 5.57 Å². The lowest BCUT2D eigenvalue weighted by Crippen LogP contribution is -2.40. The van der Waals surface area contributed by atoms with Gasteiger partial charge in [0.2, 0.25) is 0 Å². The summed E-state index contributed by atoms with van der Waals surface area (Å²) in [6.07, 6.45) is -0.859. The maximum absolute atomic E-state index is 13.3. The Kier molecular flexibility index (Phi) is 9.28. The highest BCUT2D eigenvalue weighted by atomic mass is 32.1. The molecule has 1 aliphatic heterocycles. The Bertz CT molecular complexity index is 1290.